The van der Waals surface area contributed by atoms with E-state index in [0.29, 0.717) is 5.69 Å². The van der Waals surface area contributed by atoms with E-state index in [2.05, 4.69) is 10.6 Å². The SMILES string of the molecule is Cc1ccc([N+](=O)[O-])cc1NC(=O)[C@@H]1CCCN1. The summed E-state index contributed by atoms with van der Waals surface area (Å²) in [5.74, 6) is -0.129. The molecular weight excluding hydrogens is 234 g/mol. The van der Waals surface area contributed by atoms with Crippen LogP contribution in [0.15, 0.2) is 18.2 Å². The number of nitro groups is 1. The van der Waals surface area contributed by atoms with Crippen molar-refractivity contribution in [2.45, 2.75) is 25.8 Å². The van der Waals surface area contributed by atoms with Crippen LogP contribution in [0.25, 0.3) is 0 Å². The summed E-state index contributed by atoms with van der Waals surface area (Å²) in [7, 11) is 0. The van der Waals surface area contributed by atoms with Gasteiger partial charge in [0.05, 0.1) is 16.7 Å². The number of amides is 1. The molecule has 1 saturated heterocycles. The van der Waals surface area contributed by atoms with Crippen LogP contribution in [0.4, 0.5) is 11.4 Å². The number of non-ortho nitro benzene ring substituents is 1. The molecule has 6 nitrogen and oxygen atoms in total. The maximum Gasteiger partial charge on any atom is 0.271 e. The minimum Gasteiger partial charge on any atom is -0.324 e. The van der Waals surface area contributed by atoms with Gasteiger partial charge in [-0.1, -0.05) is 6.07 Å². The lowest BCUT2D eigenvalue weighted by Gasteiger charge is -2.12. The number of aryl methyl sites for hydroxylation is 1. The van der Waals surface area contributed by atoms with Gasteiger partial charge in [0.25, 0.3) is 5.69 Å². The van der Waals surface area contributed by atoms with Crippen molar-refractivity contribution in [3.63, 3.8) is 0 Å². The fourth-order valence-corrected chi connectivity index (χ4v) is 1.99. The largest absolute Gasteiger partial charge is 0.324 e. The molecule has 0 bridgehead atoms. The molecule has 6 heteroatoms. The van der Waals surface area contributed by atoms with Crippen molar-refractivity contribution in [2.24, 2.45) is 0 Å². The topological polar surface area (TPSA) is 84.3 Å². The molecule has 0 saturated carbocycles. The molecule has 0 aliphatic carbocycles. The fourth-order valence-electron chi connectivity index (χ4n) is 1.99. The predicted octanol–water partition coefficient (Wildman–Crippen LogP) is 1.59. The van der Waals surface area contributed by atoms with Gasteiger partial charge >= 0.3 is 0 Å². The van der Waals surface area contributed by atoms with Gasteiger partial charge < -0.3 is 10.6 Å². The molecule has 1 aliphatic heterocycles. The summed E-state index contributed by atoms with van der Waals surface area (Å²) in [6.07, 6.45) is 1.78. The molecular formula is C12H15N3O3. The Morgan fingerprint density at radius 1 is 1.56 bits per heavy atom. The average molecular weight is 249 g/mol. The summed E-state index contributed by atoms with van der Waals surface area (Å²) in [5.41, 5.74) is 1.30. The van der Waals surface area contributed by atoms with Gasteiger partial charge in [0.15, 0.2) is 0 Å². The fraction of sp³-hybridized carbons (Fsp3) is 0.417. The number of nitrogens with zero attached hydrogens (tertiary/aromatic N) is 1. The zero-order valence-corrected chi connectivity index (χ0v) is 10.1. The van der Waals surface area contributed by atoms with Gasteiger partial charge in [0, 0.05) is 12.1 Å². The zero-order chi connectivity index (χ0) is 13.1. The summed E-state index contributed by atoms with van der Waals surface area (Å²) in [6, 6.07) is 4.26. The van der Waals surface area contributed by atoms with Gasteiger partial charge in [-0.15, -0.1) is 0 Å². The minimum absolute atomic E-state index is 0.0183. The van der Waals surface area contributed by atoms with Crippen molar-refractivity contribution < 1.29 is 9.72 Å². The quantitative estimate of drug-likeness (QED) is 0.629. The van der Waals surface area contributed by atoms with Crippen LogP contribution in [0.5, 0.6) is 0 Å². The maximum atomic E-state index is 11.9. The Hall–Kier alpha value is -1.95. The van der Waals surface area contributed by atoms with E-state index in [9.17, 15) is 14.9 Å². The first-order valence-corrected chi connectivity index (χ1v) is 5.87. The van der Waals surface area contributed by atoms with Crippen molar-refractivity contribution in [2.75, 3.05) is 11.9 Å². The van der Waals surface area contributed by atoms with E-state index in [4.69, 9.17) is 0 Å². The summed E-state index contributed by atoms with van der Waals surface area (Å²) in [4.78, 5) is 22.1. The summed E-state index contributed by atoms with van der Waals surface area (Å²) in [6.45, 7) is 2.65. The molecule has 96 valence electrons. The molecule has 0 unspecified atom stereocenters. The normalized spacial score (nSPS) is 18.6. The average Bonchev–Trinajstić information content (AvgIpc) is 2.85. The van der Waals surface area contributed by atoms with Gasteiger partial charge in [0.2, 0.25) is 5.91 Å². The first-order valence-electron chi connectivity index (χ1n) is 5.87. The molecule has 1 aliphatic rings. The van der Waals surface area contributed by atoms with Crippen LogP contribution in [-0.4, -0.2) is 23.4 Å². The molecule has 1 heterocycles. The van der Waals surface area contributed by atoms with Crippen LogP contribution in [0.2, 0.25) is 0 Å². The van der Waals surface area contributed by atoms with Gasteiger partial charge in [0.1, 0.15) is 0 Å². The highest BCUT2D eigenvalue weighted by molar-refractivity contribution is 5.95. The van der Waals surface area contributed by atoms with E-state index >= 15 is 0 Å². The molecule has 2 N–H and O–H groups in total. The number of nitrogens with one attached hydrogen (secondary N) is 2. The Kier molecular flexibility index (Phi) is 3.57. The predicted molar refractivity (Wildman–Crippen MR) is 67.5 cm³/mol. The van der Waals surface area contributed by atoms with Crippen molar-refractivity contribution >= 4 is 17.3 Å². The van der Waals surface area contributed by atoms with E-state index in [-0.39, 0.29) is 17.6 Å². The second-order valence-electron chi connectivity index (χ2n) is 4.39. The lowest BCUT2D eigenvalue weighted by Crippen LogP contribution is -2.35. The Morgan fingerprint density at radius 2 is 2.33 bits per heavy atom. The number of rotatable bonds is 3. The molecule has 0 aromatic heterocycles. The van der Waals surface area contributed by atoms with Crippen LogP contribution in [0.1, 0.15) is 18.4 Å². The third-order valence-electron chi connectivity index (χ3n) is 3.07. The van der Waals surface area contributed by atoms with Crippen molar-refractivity contribution in [3.8, 4) is 0 Å². The number of hydrogen-bond acceptors (Lipinski definition) is 4. The zero-order valence-electron chi connectivity index (χ0n) is 10.1. The van der Waals surface area contributed by atoms with E-state index in [1.165, 1.54) is 12.1 Å². The van der Waals surface area contributed by atoms with Gasteiger partial charge in [-0.3, -0.25) is 14.9 Å². The van der Waals surface area contributed by atoms with Crippen LogP contribution in [0.3, 0.4) is 0 Å². The smallest absolute Gasteiger partial charge is 0.271 e. The monoisotopic (exact) mass is 249 g/mol. The van der Waals surface area contributed by atoms with E-state index in [1.807, 2.05) is 0 Å². The molecule has 0 radical (unpaired) electrons. The van der Waals surface area contributed by atoms with Crippen LogP contribution < -0.4 is 10.6 Å². The Bertz CT molecular complexity index is 481. The number of benzene rings is 1. The molecule has 1 amide bonds. The van der Waals surface area contributed by atoms with Crippen LogP contribution in [-0.2, 0) is 4.79 Å². The number of carbonyl (C=O) groups is 1. The molecule has 2 rings (SSSR count). The third kappa shape index (κ3) is 2.65. The molecule has 1 fully saturated rings. The van der Waals surface area contributed by atoms with Gasteiger partial charge in [-0.25, -0.2) is 0 Å². The summed E-state index contributed by atoms with van der Waals surface area (Å²) in [5, 5.41) is 16.5. The lowest BCUT2D eigenvalue weighted by atomic mass is 10.1. The minimum atomic E-state index is -0.469. The second kappa shape index (κ2) is 5.14. The van der Waals surface area contributed by atoms with E-state index < -0.39 is 4.92 Å². The highest BCUT2D eigenvalue weighted by Gasteiger charge is 2.22. The van der Waals surface area contributed by atoms with Crippen LogP contribution in [0, 0.1) is 17.0 Å². The Morgan fingerprint density at radius 3 is 2.94 bits per heavy atom. The number of nitro benzene ring substituents is 1. The number of carbonyl (C=O) groups excluding carboxylic acids is 1. The molecule has 1 aromatic carbocycles. The highest BCUT2D eigenvalue weighted by Crippen LogP contribution is 2.22. The Labute approximate surface area is 105 Å². The number of anilines is 1. The van der Waals surface area contributed by atoms with Crippen molar-refractivity contribution in [3.05, 3.63) is 33.9 Å². The summed E-state index contributed by atoms with van der Waals surface area (Å²) < 4.78 is 0. The first kappa shape index (κ1) is 12.5. The third-order valence-corrected chi connectivity index (χ3v) is 3.07. The molecule has 1 aromatic rings. The number of hydrogen-bond donors (Lipinski definition) is 2. The van der Waals surface area contributed by atoms with Gasteiger partial charge in [-0.05, 0) is 31.9 Å². The van der Waals surface area contributed by atoms with Crippen molar-refractivity contribution in [1.82, 2.24) is 5.32 Å². The van der Waals surface area contributed by atoms with Gasteiger partial charge in [-0.2, -0.15) is 0 Å². The maximum absolute atomic E-state index is 11.9. The molecule has 18 heavy (non-hydrogen) atoms. The molecule has 1 atom stereocenters. The van der Waals surface area contributed by atoms with Crippen molar-refractivity contribution in [1.29, 1.82) is 0 Å². The van der Waals surface area contributed by atoms with E-state index in [0.717, 1.165) is 24.9 Å². The second-order valence-corrected chi connectivity index (χ2v) is 4.39. The lowest BCUT2D eigenvalue weighted by molar-refractivity contribution is -0.384. The van der Waals surface area contributed by atoms with Crippen LogP contribution >= 0.6 is 0 Å². The first-order chi connectivity index (χ1) is 8.58. The Balaban J connectivity index is 2.14. The highest BCUT2D eigenvalue weighted by atomic mass is 16.6. The standard InChI is InChI=1S/C12H15N3O3/c1-8-4-5-9(15(17)18)7-11(8)14-12(16)10-3-2-6-13-10/h4-5,7,10,13H,2-3,6H2,1H3,(H,14,16)/t10-/m0/s1. The molecule has 0 spiro atoms. The van der Waals surface area contributed by atoms with E-state index in [1.54, 1.807) is 13.0 Å². The summed E-state index contributed by atoms with van der Waals surface area (Å²) >= 11 is 0.